The van der Waals surface area contributed by atoms with Crippen LogP contribution < -0.4 is 35.8 Å². The lowest BCUT2D eigenvalue weighted by Crippen LogP contribution is -2.35. The predicted octanol–water partition coefficient (Wildman–Crippen LogP) is 2.09. The third-order valence-electron chi connectivity index (χ3n) is 8.07. The first-order valence-corrected chi connectivity index (χ1v) is 20.8. The summed E-state index contributed by atoms with van der Waals surface area (Å²) >= 11 is 0. The fourth-order valence-electron chi connectivity index (χ4n) is 5.02. The first-order chi connectivity index (χ1) is 25.9. The Balaban J connectivity index is 1.46. The average molecular weight is 844 g/mol. The molecular formula is C34H33F4N4O11P2S-. The Labute approximate surface area is 318 Å². The number of hydrogen-bond acceptors (Lipinski definition) is 11. The minimum absolute atomic E-state index is 0.00219. The van der Waals surface area contributed by atoms with Crippen LogP contribution in [0.5, 0.6) is 0 Å². The van der Waals surface area contributed by atoms with Gasteiger partial charge in [0.25, 0.3) is 5.91 Å². The molecule has 22 heteroatoms. The lowest BCUT2D eigenvalue weighted by molar-refractivity contribution is -0.353. The van der Waals surface area contributed by atoms with Crippen molar-refractivity contribution in [1.29, 1.82) is 0 Å². The molecule has 0 aromatic heterocycles. The lowest BCUT2D eigenvalue weighted by Gasteiger charge is -2.34. The van der Waals surface area contributed by atoms with Crippen LogP contribution in [-0.2, 0) is 50.3 Å². The van der Waals surface area contributed by atoms with Gasteiger partial charge in [0.15, 0.2) is 0 Å². The topological polar surface area (TPSA) is 277 Å². The lowest BCUT2D eigenvalue weighted by atomic mass is 10.1. The number of rotatable bonds is 16. The molecule has 4 aromatic rings. The highest BCUT2D eigenvalue weighted by Crippen LogP contribution is 2.62. The summed E-state index contributed by atoms with van der Waals surface area (Å²) in [6.45, 7) is -0.0731. The molecule has 15 nitrogen and oxygen atoms in total. The Morgan fingerprint density at radius 1 is 0.661 bits per heavy atom. The van der Waals surface area contributed by atoms with E-state index >= 15 is 0 Å². The molecular weight excluding hydrogens is 810 g/mol. The smallest absolute Gasteiger partial charge is 0.428 e. The number of hydrogen-bond donors (Lipinski definition) is 7. The van der Waals surface area contributed by atoms with Crippen molar-refractivity contribution in [2.24, 2.45) is 5.14 Å². The molecule has 0 spiro atoms. The van der Waals surface area contributed by atoms with E-state index in [1.807, 2.05) is 0 Å². The molecule has 300 valence electrons. The summed E-state index contributed by atoms with van der Waals surface area (Å²) in [6.07, 6.45) is -0.425. The number of aryl methyl sites for hydroxylation is 2. The molecule has 0 aliphatic rings. The van der Waals surface area contributed by atoms with Gasteiger partial charge in [-0.2, -0.15) is 17.6 Å². The summed E-state index contributed by atoms with van der Waals surface area (Å²) in [5.74, 6) is -1.90. The maximum Gasteiger partial charge on any atom is 0.428 e. The number of carbonyl (C=O) groups excluding carboxylic acids is 3. The maximum atomic E-state index is 14.0. The normalized spacial score (nSPS) is 12.6. The number of benzene rings is 4. The second kappa shape index (κ2) is 17.4. The molecule has 8 N–H and O–H groups in total. The van der Waals surface area contributed by atoms with E-state index in [4.69, 9.17) is 19.8 Å². The van der Waals surface area contributed by atoms with Crippen molar-refractivity contribution in [3.05, 3.63) is 124 Å². The monoisotopic (exact) mass is 843 g/mol. The van der Waals surface area contributed by atoms with Gasteiger partial charge in [-0.25, -0.2) is 23.3 Å². The fourth-order valence-corrected chi connectivity index (χ4v) is 6.50. The van der Waals surface area contributed by atoms with Gasteiger partial charge in [0, 0.05) is 36.3 Å². The van der Waals surface area contributed by atoms with Crippen LogP contribution >= 0.6 is 15.9 Å². The zero-order chi connectivity index (χ0) is 41.7. The van der Waals surface area contributed by atoms with Crippen LogP contribution in [-0.4, -0.2) is 40.8 Å². The van der Waals surface area contributed by atoms with Gasteiger partial charge in [-0.05, 0) is 84.1 Å². The van der Waals surface area contributed by atoms with E-state index in [2.05, 4.69) is 16.0 Å². The molecule has 0 atom stereocenters. The predicted molar refractivity (Wildman–Crippen MR) is 190 cm³/mol. The number of halogens is 4. The van der Waals surface area contributed by atoms with E-state index in [9.17, 15) is 55.0 Å². The molecule has 0 aliphatic heterocycles. The highest BCUT2D eigenvalue weighted by Gasteiger charge is 2.55. The number of anilines is 2. The minimum Gasteiger partial charge on any atom is -0.655 e. The fraction of sp³-hybridized carbons (Fsp3) is 0.206. The van der Waals surface area contributed by atoms with Crippen LogP contribution in [0.15, 0.2) is 95.9 Å². The Morgan fingerprint density at radius 2 is 1.07 bits per heavy atom. The molecule has 4 aromatic carbocycles. The first-order valence-electron chi connectivity index (χ1n) is 16.1. The largest absolute Gasteiger partial charge is 0.655 e. The van der Waals surface area contributed by atoms with Crippen LogP contribution in [0, 0.1) is 0 Å². The van der Waals surface area contributed by atoms with Gasteiger partial charge in [0.2, 0.25) is 21.8 Å². The average Bonchev–Trinajstić information content (AvgIpc) is 3.11. The Morgan fingerprint density at radius 3 is 1.46 bits per heavy atom. The first kappa shape index (κ1) is 44.3. The number of nitrogens with two attached hydrogens (primary N) is 1. The number of alkyl halides is 4. The van der Waals surface area contributed by atoms with E-state index in [0.29, 0.717) is 16.7 Å². The second-order valence-electron chi connectivity index (χ2n) is 12.3. The standard InChI is InChI=1S/C34H34F4N4O11P2S/c35-33(36,54(46,47)48)25-9-1-21(2-10-25)7-15-30(43)41-27-17-24(32(45)40-20-23-5-13-29(14-6-23)56(39,52)53)18-28(19-27)42-31(44)16-8-22-3-11-26(12-4-22)34(37,38)55(49,50)51/h1-6,9-14,17-19H,7-8,15-16,20H2,(H,40,45)(H,41,43)(H,42,44)(H2,39,52,53)(H2,46,47,48)(H2,49,50,51)/p-1. The molecule has 0 radical (unpaired) electrons. The zero-order valence-electron chi connectivity index (χ0n) is 28.7. The van der Waals surface area contributed by atoms with E-state index < -0.39 is 66.1 Å². The van der Waals surface area contributed by atoms with Gasteiger partial charge >= 0.3 is 19.3 Å². The third-order valence-corrected chi connectivity index (χ3v) is 11.0. The van der Waals surface area contributed by atoms with Gasteiger partial charge in [0.1, 0.15) is 7.94 Å². The van der Waals surface area contributed by atoms with E-state index in [1.165, 1.54) is 54.6 Å². The van der Waals surface area contributed by atoms with Crippen LogP contribution in [0.3, 0.4) is 0 Å². The van der Waals surface area contributed by atoms with Crippen molar-refractivity contribution < 1.29 is 69.7 Å². The molecule has 0 bridgehead atoms. The second-order valence-corrected chi connectivity index (χ2v) is 17.1. The van der Waals surface area contributed by atoms with Crippen molar-refractivity contribution in [2.75, 3.05) is 10.6 Å². The van der Waals surface area contributed by atoms with Crippen LogP contribution in [0.2, 0.25) is 0 Å². The molecule has 0 heterocycles. The Bertz CT molecular complexity index is 2060. The number of carbonyl (C=O) groups is 3. The quantitative estimate of drug-likeness (QED) is 0.0634. The van der Waals surface area contributed by atoms with Gasteiger partial charge in [-0.15, -0.1) is 0 Å². The molecule has 3 amide bonds. The molecule has 0 saturated carbocycles. The minimum atomic E-state index is -6.03. The van der Waals surface area contributed by atoms with Gasteiger partial charge < -0.3 is 30.6 Å². The number of amides is 3. The molecule has 0 aliphatic carbocycles. The molecule has 4 rings (SSSR count). The van der Waals surface area contributed by atoms with Crippen LogP contribution in [0.1, 0.15) is 51.0 Å². The zero-order valence-corrected chi connectivity index (χ0v) is 31.3. The van der Waals surface area contributed by atoms with Crippen LogP contribution in [0.4, 0.5) is 28.9 Å². The van der Waals surface area contributed by atoms with Crippen molar-refractivity contribution in [1.82, 2.24) is 5.32 Å². The summed E-state index contributed by atoms with van der Waals surface area (Å²) in [6, 6.07) is 17.1. The van der Waals surface area contributed by atoms with Crippen molar-refractivity contribution in [3.63, 3.8) is 0 Å². The Kier molecular flexibility index (Phi) is 13.7. The van der Waals surface area contributed by atoms with E-state index in [-0.39, 0.29) is 54.1 Å². The van der Waals surface area contributed by atoms with Gasteiger partial charge in [-0.1, -0.05) is 36.4 Å². The summed E-state index contributed by atoms with van der Waals surface area (Å²) in [4.78, 5) is 98.8. The van der Waals surface area contributed by atoms with Crippen molar-refractivity contribution >= 4 is 55.0 Å². The highest BCUT2D eigenvalue weighted by atomic mass is 32.2. The highest BCUT2D eigenvalue weighted by molar-refractivity contribution is 7.89. The molecule has 56 heavy (non-hydrogen) atoms. The maximum absolute atomic E-state index is 14.0. The Hall–Kier alpha value is -4.46. The molecule has 0 unspecified atom stereocenters. The van der Waals surface area contributed by atoms with Crippen molar-refractivity contribution in [3.8, 4) is 0 Å². The number of nitrogens with one attached hydrogen (secondary N) is 3. The number of sulfonamides is 1. The van der Waals surface area contributed by atoms with E-state index in [1.54, 1.807) is 0 Å². The summed E-state index contributed by atoms with van der Waals surface area (Å²) in [5.41, 5.74) is -9.54. The van der Waals surface area contributed by atoms with Gasteiger partial charge in [0.05, 0.1) is 16.0 Å². The van der Waals surface area contributed by atoms with Crippen LogP contribution in [0.25, 0.3) is 0 Å². The van der Waals surface area contributed by atoms with Crippen molar-refractivity contribution in [2.45, 2.75) is 48.5 Å². The SMILES string of the molecule is NS(=O)(=O)c1ccc(CNC(=O)c2cc(NC(=O)CCc3ccc(C(F)(F)[P+]([O-])([O-])O)cc3)cc(NC(=O)CCc3ccc(C(F)(F)[P+]([O-])(O)O)cc3)c2)cc1. The van der Waals surface area contributed by atoms with Gasteiger partial charge in [-0.3, -0.25) is 19.3 Å². The molecule has 0 saturated heterocycles. The molecule has 0 fully saturated rings. The summed E-state index contributed by atoms with van der Waals surface area (Å²) in [5, 5.41) is 12.9. The van der Waals surface area contributed by atoms with E-state index in [0.717, 1.165) is 36.4 Å². The summed E-state index contributed by atoms with van der Waals surface area (Å²) < 4.78 is 78.9. The number of primary sulfonamides is 1. The summed E-state index contributed by atoms with van der Waals surface area (Å²) in [7, 11) is -15.8. The third kappa shape index (κ3) is 11.5.